The van der Waals surface area contributed by atoms with Crippen molar-refractivity contribution in [2.45, 2.75) is 56.8 Å². The maximum atomic E-state index is 12.5. The fourth-order valence-electron chi connectivity index (χ4n) is 4.02. The molecule has 31 heavy (non-hydrogen) atoms. The van der Waals surface area contributed by atoms with Crippen molar-refractivity contribution in [2.24, 2.45) is 0 Å². The van der Waals surface area contributed by atoms with Gasteiger partial charge in [-0.2, -0.15) is 0 Å². The number of nitrogens with zero attached hydrogens (tertiary/aromatic N) is 2. The van der Waals surface area contributed by atoms with Gasteiger partial charge in [-0.05, 0) is 61.3 Å². The first-order chi connectivity index (χ1) is 15.1. The van der Waals surface area contributed by atoms with Crippen LogP contribution in [0.3, 0.4) is 0 Å². The van der Waals surface area contributed by atoms with Gasteiger partial charge in [0.15, 0.2) is 5.16 Å². The Morgan fingerprint density at radius 2 is 1.94 bits per heavy atom. The molecule has 3 aromatic rings. The molecule has 0 saturated carbocycles. The average Bonchev–Trinajstić information content (AvgIpc) is 3.15. The summed E-state index contributed by atoms with van der Waals surface area (Å²) in [5.74, 6) is 0.144. The first-order valence-electron chi connectivity index (χ1n) is 10.8. The van der Waals surface area contributed by atoms with Crippen molar-refractivity contribution in [2.75, 3.05) is 5.75 Å². The highest BCUT2D eigenvalue weighted by molar-refractivity contribution is 7.99. The molecule has 0 fully saturated rings. The van der Waals surface area contributed by atoms with Crippen molar-refractivity contribution < 1.29 is 4.79 Å². The fourth-order valence-corrected chi connectivity index (χ4v) is 4.80. The quantitative estimate of drug-likeness (QED) is 0.528. The number of aryl methyl sites for hydroxylation is 3. The van der Waals surface area contributed by atoms with Gasteiger partial charge < -0.3 is 5.32 Å². The predicted molar refractivity (Wildman–Crippen MR) is 123 cm³/mol. The van der Waals surface area contributed by atoms with Crippen LogP contribution in [-0.2, 0) is 30.6 Å². The van der Waals surface area contributed by atoms with E-state index < -0.39 is 0 Å². The predicted octanol–water partition coefficient (Wildman–Crippen LogP) is 3.66. The molecule has 6 nitrogen and oxygen atoms in total. The van der Waals surface area contributed by atoms with E-state index >= 15 is 0 Å². The summed E-state index contributed by atoms with van der Waals surface area (Å²) in [5.41, 5.74) is 4.90. The summed E-state index contributed by atoms with van der Waals surface area (Å²) in [5, 5.41) is 10.2. The average molecular weight is 437 g/mol. The Morgan fingerprint density at radius 1 is 1.16 bits per heavy atom. The first kappa shape index (κ1) is 21.4. The summed E-state index contributed by atoms with van der Waals surface area (Å²) in [6, 6.07) is 16.5. The van der Waals surface area contributed by atoms with Gasteiger partial charge in [0.1, 0.15) is 0 Å². The van der Waals surface area contributed by atoms with E-state index in [1.165, 1.54) is 35.7 Å². The van der Waals surface area contributed by atoms with Crippen molar-refractivity contribution in [3.8, 4) is 0 Å². The number of aromatic amines is 1. The van der Waals surface area contributed by atoms with E-state index in [0.717, 1.165) is 30.4 Å². The molecule has 162 valence electrons. The SMILES string of the molecule is CC(NC(=O)CSc1n[nH]c(=O)n1CCc1ccccc1)c1ccc2c(c1)CCCC2. The molecule has 1 heterocycles. The molecule has 1 atom stereocenters. The highest BCUT2D eigenvalue weighted by Crippen LogP contribution is 2.25. The molecule has 2 N–H and O–H groups in total. The molecule has 0 aliphatic heterocycles. The first-order valence-corrected chi connectivity index (χ1v) is 11.8. The maximum absolute atomic E-state index is 12.5. The van der Waals surface area contributed by atoms with Crippen LogP contribution >= 0.6 is 11.8 Å². The molecule has 1 amide bonds. The molecule has 1 aliphatic rings. The van der Waals surface area contributed by atoms with Crippen molar-refractivity contribution in [3.05, 3.63) is 81.3 Å². The lowest BCUT2D eigenvalue weighted by atomic mass is 9.89. The third kappa shape index (κ3) is 5.47. The lowest BCUT2D eigenvalue weighted by molar-refractivity contribution is -0.119. The number of hydrogen-bond donors (Lipinski definition) is 2. The Morgan fingerprint density at radius 3 is 2.74 bits per heavy atom. The minimum absolute atomic E-state index is 0.0558. The summed E-state index contributed by atoms with van der Waals surface area (Å²) in [6.45, 7) is 2.53. The molecule has 2 aromatic carbocycles. The maximum Gasteiger partial charge on any atom is 0.343 e. The molecule has 1 aliphatic carbocycles. The Bertz CT molecular complexity index is 1090. The lowest BCUT2D eigenvalue weighted by Gasteiger charge is -2.20. The number of benzene rings is 2. The molecule has 4 rings (SSSR count). The minimum atomic E-state index is -0.249. The minimum Gasteiger partial charge on any atom is -0.349 e. The number of carbonyl (C=O) groups is 1. The molecule has 1 aromatic heterocycles. The van der Waals surface area contributed by atoms with E-state index in [1.54, 1.807) is 4.57 Å². The van der Waals surface area contributed by atoms with Crippen molar-refractivity contribution in [3.63, 3.8) is 0 Å². The van der Waals surface area contributed by atoms with Gasteiger partial charge in [-0.15, -0.1) is 5.10 Å². The van der Waals surface area contributed by atoms with Crippen LogP contribution in [0.1, 0.15) is 48.1 Å². The zero-order valence-electron chi connectivity index (χ0n) is 17.8. The van der Waals surface area contributed by atoms with Gasteiger partial charge in [0.25, 0.3) is 0 Å². The van der Waals surface area contributed by atoms with Crippen molar-refractivity contribution in [1.29, 1.82) is 0 Å². The summed E-state index contributed by atoms with van der Waals surface area (Å²) in [7, 11) is 0. The fraction of sp³-hybridized carbons (Fsp3) is 0.375. The second-order valence-electron chi connectivity index (χ2n) is 8.01. The van der Waals surface area contributed by atoms with Crippen LogP contribution in [0.25, 0.3) is 0 Å². The van der Waals surface area contributed by atoms with E-state index in [4.69, 9.17) is 0 Å². The zero-order valence-corrected chi connectivity index (χ0v) is 18.6. The number of hydrogen-bond acceptors (Lipinski definition) is 4. The van der Waals surface area contributed by atoms with Crippen LogP contribution < -0.4 is 11.0 Å². The smallest absolute Gasteiger partial charge is 0.343 e. The van der Waals surface area contributed by atoms with Gasteiger partial charge in [-0.1, -0.05) is 60.3 Å². The number of rotatable bonds is 8. The second kappa shape index (κ2) is 10.0. The molecule has 0 bridgehead atoms. The van der Waals surface area contributed by atoms with Crippen LogP contribution in [0.15, 0.2) is 58.5 Å². The highest BCUT2D eigenvalue weighted by Gasteiger charge is 2.16. The Hall–Kier alpha value is -2.80. The van der Waals surface area contributed by atoms with Crippen LogP contribution in [0.4, 0.5) is 0 Å². The molecular formula is C24H28N4O2S. The van der Waals surface area contributed by atoms with E-state index in [9.17, 15) is 9.59 Å². The standard InChI is InChI=1S/C24H28N4O2S/c1-17(20-12-11-19-9-5-6-10-21(19)15-20)25-22(29)16-31-24-27-26-23(30)28(24)14-13-18-7-3-2-4-8-18/h2-4,7-8,11-12,15,17H,5-6,9-10,13-14,16H2,1H3,(H,25,29)(H,26,30). The van der Waals surface area contributed by atoms with Gasteiger partial charge in [0.2, 0.25) is 5.91 Å². The number of nitrogens with one attached hydrogen (secondary N) is 2. The third-order valence-corrected chi connectivity index (χ3v) is 6.75. The highest BCUT2D eigenvalue weighted by atomic mass is 32.2. The van der Waals surface area contributed by atoms with Crippen molar-refractivity contribution in [1.82, 2.24) is 20.1 Å². The number of carbonyl (C=O) groups excluding carboxylic acids is 1. The van der Waals surface area contributed by atoms with E-state index in [-0.39, 0.29) is 23.4 Å². The summed E-state index contributed by atoms with van der Waals surface area (Å²) in [4.78, 5) is 24.6. The number of amides is 1. The molecule has 7 heteroatoms. The zero-order chi connectivity index (χ0) is 21.6. The Labute approximate surface area is 186 Å². The van der Waals surface area contributed by atoms with E-state index in [1.807, 2.05) is 37.3 Å². The van der Waals surface area contributed by atoms with E-state index in [0.29, 0.717) is 11.7 Å². The molecule has 1 unspecified atom stereocenters. The molecule has 0 saturated heterocycles. The molecule has 0 radical (unpaired) electrons. The van der Waals surface area contributed by atoms with Crippen LogP contribution in [-0.4, -0.2) is 26.4 Å². The van der Waals surface area contributed by atoms with Gasteiger partial charge in [-0.3, -0.25) is 9.36 Å². The Balaban J connectivity index is 1.32. The van der Waals surface area contributed by atoms with Crippen LogP contribution in [0, 0.1) is 0 Å². The number of thioether (sulfide) groups is 1. The summed E-state index contributed by atoms with van der Waals surface area (Å²) in [6.07, 6.45) is 5.51. The third-order valence-electron chi connectivity index (χ3n) is 5.77. The topological polar surface area (TPSA) is 79.8 Å². The van der Waals surface area contributed by atoms with Gasteiger partial charge in [0, 0.05) is 6.54 Å². The number of fused-ring (bicyclic) bond motifs is 1. The number of H-pyrrole nitrogens is 1. The van der Waals surface area contributed by atoms with Crippen LogP contribution in [0.2, 0.25) is 0 Å². The molecule has 0 spiro atoms. The Kier molecular flexibility index (Phi) is 6.92. The molecular weight excluding hydrogens is 408 g/mol. The number of aromatic nitrogens is 3. The van der Waals surface area contributed by atoms with E-state index in [2.05, 4.69) is 33.7 Å². The van der Waals surface area contributed by atoms with Crippen LogP contribution in [0.5, 0.6) is 0 Å². The van der Waals surface area contributed by atoms with Crippen molar-refractivity contribution >= 4 is 17.7 Å². The van der Waals surface area contributed by atoms with Gasteiger partial charge in [-0.25, -0.2) is 9.89 Å². The monoisotopic (exact) mass is 436 g/mol. The lowest BCUT2D eigenvalue weighted by Crippen LogP contribution is -2.28. The normalized spacial score (nSPS) is 14.1. The summed E-state index contributed by atoms with van der Waals surface area (Å²) >= 11 is 1.28. The second-order valence-corrected chi connectivity index (χ2v) is 8.95. The summed E-state index contributed by atoms with van der Waals surface area (Å²) < 4.78 is 1.60. The van der Waals surface area contributed by atoms with Gasteiger partial charge in [0.05, 0.1) is 11.8 Å². The van der Waals surface area contributed by atoms with Gasteiger partial charge >= 0.3 is 5.69 Å². The largest absolute Gasteiger partial charge is 0.349 e.